The van der Waals surface area contributed by atoms with Gasteiger partial charge >= 0.3 is 0 Å². The Balaban J connectivity index is 1.97. The van der Waals surface area contributed by atoms with Gasteiger partial charge in [-0.15, -0.1) is 0 Å². The van der Waals surface area contributed by atoms with Crippen molar-refractivity contribution in [1.29, 1.82) is 0 Å². The molecule has 1 atom stereocenters. The van der Waals surface area contributed by atoms with Crippen molar-refractivity contribution in [2.45, 2.75) is 39.7 Å². The topological polar surface area (TPSA) is 75.5 Å². The van der Waals surface area contributed by atoms with Gasteiger partial charge in [-0.2, -0.15) is 0 Å². The van der Waals surface area contributed by atoms with Crippen LogP contribution in [0.15, 0.2) is 24.3 Å². The summed E-state index contributed by atoms with van der Waals surface area (Å²) in [5.74, 6) is 0.509. The molecular formula is C17H25N3O3. The van der Waals surface area contributed by atoms with E-state index in [9.17, 15) is 14.9 Å². The lowest BCUT2D eigenvalue weighted by molar-refractivity contribution is -0.384. The molecule has 1 saturated heterocycles. The van der Waals surface area contributed by atoms with E-state index < -0.39 is 0 Å². The molecule has 23 heavy (non-hydrogen) atoms. The van der Waals surface area contributed by atoms with Crippen LogP contribution < -0.4 is 10.2 Å². The molecule has 1 aromatic carbocycles. The first kappa shape index (κ1) is 17.2. The number of anilines is 1. The molecule has 1 aliphatic rings. The zero-order valence-electron chi connectivity index (χ0n) is 14.0. The van der Waals surface area contributed by atoms with Crippen molar-refractivity contribution >= 4 is 17.3 Å². The van der Waals surface area contributed by atoms with Crippen molar-refractivity contribution in [3.8, 4) is 0 Å². The van der Waals surface area contributed by atoms with Crippen LogP contribution in [0, 0.1) is 22.0 Å². The Morgan fingerprint density at radius 1 is 1.26 bits per heavy atom. The second kappa shape index (κ2) is 7.44. The molecule has 0 saturated carbocycles. The van der Waals surface area contributed by atoms with E-state index in [4.69, 9.17) is 0 Å². The number of nitro groups is 1. The zero-order valence-corrected chi connectivity index (χ0v) is 14.0. The molecule has 0 spiro atoms. The summed E-state index contributed by atoms with van der Waals surface area (Å²) in [5.41, 5.74) is 0.774. The molecule has 0 unspecified atom stereocenters. The van der Waals surface area contributed by atoms with E-state index in [-0.39, 0.29) is 28.5 Å². The highest BCUT2D eigenvalue weighted by Gasteiger charge is 2.28. The fourth-order valence-corrected chi connectivity index (χ4v) is 2.78. The molecule has 1 N–H and O–H groups in total. The minimum Gasteiger partial charge on any atom is -0.366 e. The van der Waals surface area contributed by atoms with Gasteiger partial charge in [-0.25, -0.2) is 0 Å². The molecule has 126 valence electrons. The first-order chi connectivity index (χ1) is 10.9. The molecule has 2 rings (SSSR count). The smallest absolute Gasteiger partial charge is 0.292 e. The van der Waals surface area contributed by atoms with Crippen LogP contribution in [0.4, 0.5) is 11.4 Å². The quantitative estimate of drug-likeness (QED) is 0.669. The number of para-hydroxylation sites is 2. The molecule has 1 fully saturated rings. The second-order valence-corrected chi connectivity index (χ2v) is 6.55. The SMILES string of the molecule is CC(C)[C@@H](C)NC(=O)C1CCN(c2ccccc2[N+](=O)[O-])CC1. The number of benzene rings is 1. The molecule has 0 aliphatic carbocycles. The molecule has 0 aromatic heterocycles. The van der Waals surface area contributed by atoms with Gasteiger partial charge < -0.3 is 10.2 Å². The van der Waals surface area contributed by atoms with Crippen molar-refractivity contribution in [3.05, 3.63) is 34.4 Å². The highest BCUT2D eigenvalue weighted by molar-refractivity contribution is 5.79. The third kappa shape index (κ3) is 4.21. The highest BCUT2D eigenvalue weighted by Crippen LogP contribution is 2.31. The summed E-state index contributed by atoms with van der Waals surface area (Å²) in [5, 5.41) is 14.2. The van der Waals surface area contributed by atoms with Crippen LogP contribution in [0.5, 0.6) is 0 Å². The van der Waals surface area contributed by atoms with Crippen LogP contribution >= 0.6 is 0 Å². The summed E-state index contributed by atoms with van der Waals surface area (Å²) < 4.78 is 0. The Bertz CT molecular complexity index is 566. The maximum Gasteiger partial charge on any atom is 0.292 e. The number of nitrogens with one attached hydrogen (secondary N) is 1. The van der Waals surface area contributed by atoms with E-state index in [0.717, 1.165) is 12.8 Å². The van der Waals surface area contributed by atoms with Gasteiger partial charge in [0.15, 0.2) is 0 Å². The van der Waals surface area contributed by atoms with Gasteiger partial charge in [0.2, 0.25) is 5.91 Å². The lowest BCUT2D eigenvalue weighted by Gasteiger charge is -2.33. The van der Waals surface area contributed by atoms with E-state index in [1.54, 1.807) is 12.1 Å². The normalized spacial score (nSPS) is 17.1. The first-order valence-electron chi connectivity index (χ1n) is 8.19. The molecule has 6 nitrogen and oxygen atoms in total. The number of rotatable bonds is 5. The Morgan fingerprint density at radius 3 is 2.43 bits per heavy atom. The average Bonchev–Trinajstić information content (AvgIpc) is 2.54. The van der Waals surface area contributed by atoms with Gasteiger partial charge in [-0.3, -0.25) is 14.9 Å². The molecule has 1 heterocycles. The largest absolute Gasteiger partial charge is 0.366 e. The van der Waals surface area contributed by atoms with Crippen LogP contribution in [-0.4, -0.2) is 30.0 Å². The van der Waals surface area contributed by atoms with Gasteiger partial charge in [-0.05, 0) is 31.7 Å². The lowest BCUT2D eigenvalue weighted by Crippen LogP contribution is -2.44. The number of hydrogen-bond acceptors (Lipinski definition) is 4. The van der Waals surface area contributed by atoms with Crippen LogP contribution in [-0.2, 0) is 4.79 Å². The standard InChI is InChI=1S/C17H25N3O3/c1-12(2)13(3)18-17(21)14-8-10-19(11-9-14)15-6-4-5-7-16(15)20(22)23/h4-7,12-14H,8-11H2,1-3H3,(H,18,21)/t13-/m1/s1. The number of hydrogen-bond donors (Lipinski definition) is 1. The summed E-state index contributed by atoms with van der Waals surface area (Å²) in [4.78, 5) is 25.1. The van der Waals surface area contributed by atoms with Crippen molar-refractivity contribution in [2.24, 2.45) is 11.8 Å². The third-order valence-electron chi connectivity index (χ3n) is 4.65. The summed E-state index contributed by atoms with van der Waals surface area (Å²) in [6, 6.07) is 6.95. The molecule has 1 amide bonds. The van der Waals surface area contributed by atoms with E-state index in [1.807, 2.05) is 17.9 Å². The number of amides is 1. The molecule has 0 bridgehead atoms. The molecule has 1 aliphatic heterocycles. The summed E-state index contributed by atoms with van der Waals surface area (Å²) >= 11 is 0. The predicted molar refractivity (Wildman–Crippen MR) is 90.5 cm³/mol. The molecule has 1 aromatic rings. The van der Waals surface area contributed by atoms with Crippen molar-refractivity contribution in [1.82, 2.24) is 5.32 Å². The van der Waals surface area contributed by atoms with E-state index in [2.05, 4.69) is 19.2 Å². The molecular weight excluding hydrogens is 294 g/mol. The Hall–Kier alpha value is -2.11. The van der Waals surface area contributed by atoms with Gasteiger partial charge in [0, 0.05) is 31.1 Å². The van der Waals surface area contributed by atoms with E-state index in [1.165, 1.54) is 6.07 Å². The molecule has 0 radical (unpaired) electrons. The average molecular weight is 319 g/mol. The van der Waals surface area contributed by atoms with Crippen LogP contribution in [0.2, 0.25) is 0 Å². The number of carbonyl (C=O) groups is 1. The van der Waals surface area contributed by atoms with Crippen LogP contribution in [0.25, 0.3) is 0 Å². The van der Waals surface area contributed by atoms with Crippen molar-refractivity contribution < 1.29 is 9.72 Å². The fraction of sp³-hybridized carbons (Fsp3) is 0.588. The lowest BCUT2D eigenvalue weighted by atomic mass is 9.94. The molecule has 6 heteroatoms. The highest BCUT2D eigenvalue weighted by atomic mass is 16.6. The summed E-state index contributed by atoms with van der Waals surface area (Å²) in [6.07, 6.45) is 1.45. The van der Waals surface area contributed by atoms with Crippen molar-refractivity contribution in [2.75, 3.05) is 18.0 Å². The maximum atomic E-state index is 12.3. The third-order valence-corrected chi connectivity index (χ3v) is 4.65. The Kier molecular flexibility index (Phi) is 5.58. The number of nitrogens with zero attached hydrogens (tertiary/aromatic N) is 2. The van der Waals surface area contributed by atoms with Crippen molar-refractivity contribution in [3.63, 3.8) is 0 Å². The van der Waals surface area contributed by atoms with Crippen LogP contribution in [0.1, 0.15) is 33.6 Å². The Labute approximate surface area is 137 Å². The Morgan fingerprint density at radius 2 is 1.87 bits per heavy atom. The number of carbonyl (C=O) groups excluding carboxylic acids is 1. The van der Waals surface area contributed by atoms with Gasteiger partial charge in [-0.1, -0.05) is 26.0 Å². The second-order valence-electron chi connectivity index (χ2n) is 6.55. The minimum absolute atomic E-state index is 0.00443. The van der Waals surface area contributed by atoms with Gasteiger partial charge in [0.1, 0.15) is 5.69 Å². The zero-order chi connectivity index (χ0) is 17.0. The summed E-state index contributed by atoms with van der Waals surface area (Å²) in [7, 11) is 0. The van der Waals surface area contributed by atoms with Gasteiger partial charge in [0.25, 0.3) is 5.69 Å². The van der Waals surface area contributed by atoms with E-state index in [0.29, 0.717) is 24.7 Å². The number of nitro benzene ring substituents is 1. The monoisotopic (exact) mass is 319 g/mol. The minimum atomic E-state index is -0.349. The van der Waals surface area contributed by atoms with Crippen LogP contribution in [0.3, 0.4) is 0 Å². The summed E-state index contributed by atoms with van der Waals surface area (Å²) in [6.45, 7) is 7.52. The number of piperidine rings is 1. The predicted octanol–water partition coefficient (Wildman–Crippen LogP) is 2.97. The fourth-order valence-electron chi connectivity index (χ4n) is 2.78. The van der Waals surface area contributed by atoms with E-state index >= 15 is 0 Å². The maximum absolute atomic E-state index is 12.3. The first-order valence-corrected chi connectivity index (χ1v) is 8.19. The van der Waals surface area contributed by atoms with Gasteiger partial charge in [0.05, 0.1) is 4.92 Å².